The Hall–Kier alpha value is -0.620. The molecule has 6 heteroatoms. The molecular formula is C17H32N2O3S. The summed E-state index contributed by atoms with van der Waals surface area (Å²) in [6.45, 7) is 7.38. The zero-order valence-electron chi connectivity index (χ0n) is 15.0. The Balaban J connectivity index is 1.88. The maximum atomic E-state index is 12.5. The molecule has 2 aliphatic rings. The molecular weight excluding hydrogens is 312 g/mol. The van der Waals surface area contributed by atoms with Crippen LogP contribution >= 0.6 is 0 Å². The summed E-state index contributed by atoms with van der Waals surface area (Å²) in [5.41, 5.74) is 0.369. The maximum Gasteiger partial charge on any atom is 0.238 e. The average Bonchev–Trinajstić information content (AvgIpc) is 2.97. The summed E-state index contributed by atoms with van der Waals surface area (Å²) in [6, 6.07) is -0.303. The molecule has 0 aromatic heterocycles. The quantitative estimate of drug-likeness (QED) is 0.833. The highest BCUT2D eigenvalue weighted by atomic mass is 32.2. The highest BCUT2D eigenvalue weighted by Crippen LogP contribution is 2.40. The van der Waals surface area contributed by atoms with Gasteiger partial charge in [-0.2, -0.15) is 4.31 Å². The smallest absolute Gasteiger partial charge is 0.238 e. The summed E-state index contributed by atoms with van der Waals surface area (Å²) >= 11 is 0. The first-order valence-electron chi connectivity index (χ1n) is 8.92. The van der Waals surface area contributed by atoms with Crippen LogP contribution in [0.25, 0.3) is 0 Å². The molecule has 1 N–H and O–H groups in total. The van der Waals surface area contributed by atoms with E-state index in [0.717, 1.165) is 38.0 Å². The van der Waals surface area contributed by atoms with Gasteiger partial charge < -0.3 is 5.32 Å². The Bertz CT molecular complexity index is 522. The van der Waals surface area contributed by atoms with Crippen molar-refractivity contribution in [2.75, 3.05) is 12.8 Å². The average molecular weight is 345 g/mol. The Morgan fingerprint density at radius 2 is 1.78 bits per heavy atom. The van der Waals surface area contributed by atoms with E-state index in [2.05, 4.69) is 26.1 Å². The first-order valence-corrected chi connectivity index (χ1v) is 10.8. The molecule has 0 spiro atoms. The molecule has 134 valence electrons. The fourth-order valence-electron chi connectivity index (χ4n) is 4.00. The predicted octanol–water partition coefficient (Wildman–Crippen LogP) is 2.52. The molecule has 0 aromatic carbocycles. The maximum absolute atomic E-state index is 12.5. The van der Waals surface area contributed by atoms with Crippen LogP contribution in [-0.4, -0.2) is 43.5 Å². The van der Waals surface area contributed by atoms with Gasteiger partial charge in [-0.15, -0.1) is 0 Å². The monoisotopic (exact) mass is 344 g/mol. The summed E-state index contributed by atoms with van der Waals surface area (Å²) < 4.78 is 24.9. The van der Waals surface area contributed by atoms with Gasteiger partial charge in [-0.3, -0.25) is 4.79 Å². The van der Waals surface area contributed by atoms with E-state index in [9.17, 15) is 13.2 Å². The normalized spacial score (nSPS) is 30.3. The Morgan fingerprint density at radius 3 is 2.30 bits per heavy atom. The SMILES string of the molecule is CCC(C)(C)C1CCC(NC(=O)C2CCCN2S(C)(=O)=O)CC1. The Morgan fingerprint density at radius 1 is 1.17 bits per heavy atom. The summed E-state index contributed by atoms with van der Waals surface area (Å²) in [7, 11) is -3.30. The lowest BCUT2D eigenvalue weighted by molar-refractivity contribution is -0.125. The topological polar surface area (TPSA) is 66.5 Å². The number of nitrogens with one attached hydrogen (secondary N) is 1. The van der Waals surface area contributed by atoms with Gasteiger partial charge in [0.15, 0.2) is 0 Å². The summed E-state index contributed by atoms with van der Waals surface area (Å²) in [6.07, 6.45) is 8.08. The van der Waals surface area contributed by atoms with Crippen LogP contribution in [0.1, 0.15) is 65.7 Å². The van der Waals surface area contributed by atoms with E-state index in [1.165, 1.54) is 17.0 Å². The molecule has 2 fully saturated rings. The van der Waals surface area contributed by atoms with Crippen molar-refractivity contribution < 1.29 is 13.2 Å². The van der Waals surface area contributed by atoms with Gasteiger partial charge in [0.2, 0.25) is 15.9 Å². The van der Waals surface area contributed by atoms with E-state index in [4.69, 9.17) is 0 Å². The molecule has 23 heavy (non-hydrogen) atoms. The van der Waals surface area contributed by atoms with Crippen molar-refractivity contribution in [3.63, 3.8) is 0 Å². The lowest BCUT2D eigenvalue weighted by Gasteiger charge is -2.39. The van der Waals surface area contributed by atoms with Crippen LogP contribution in [0.4, 0.5) is 0 Å². The van der Waals surface area contributed by atoms with Crippen LogP contribution in [0.3, 0.4) is 0 Å². The van der Waals surface area contributed by atoms with Crippen LogP contribution in [0.15, 0.2) is 0 Å². The molecule has 0 radical (unpaired) electrons. The number of carbonyl (C=O) groups is 1. The molecule has 1 atom stereocenters. The molecule has 0 aromatic rings. The van der Waals surface area contributed by atoms with Crippen LogP contribution in [0.5, 0.6) is 0 Å². The number of rotatable bonds is 5. The number of hydrogen-bond donors (Lipinski definition) is 1. The third kappa shape index (κ3) is 4.47. The zero-order valence-corrected chi connectivity index (χ0v) is 15.8. The standard InChI is InChI=1S/C17H32N2O3S/c1-5-17(2,3)13-8-10-14(11-9-13)18-16(20)15-7-6-12-19(15)23(4,21)22/h13-15H,5-12H2,1-4H3,(H,18,20). The number of sulfonamides is 1. The first-order chi connectivity index (χ1) is 10.6. The molecule has 1 amide bonds. The minimum absolute atomic E-state index is 0.105. The van der Waals surface area contributed by atoms with E-state index < -0.39 is 16.1 Å². The molecule has 0 bridgehead atoms. The van der Waals surface area contributed by atoms with Crippen molar-refractivity contribution in [2.24, 2.45) is 11.3 Å². The molecule has 1 aliphatic heterocycles. The second kappa shape index (κ2) is 7.09. The largest absolute Gasteiger partial charge is 0.352 e. The molecule has 1 aliphatic carbocycles. The highest BCUT2D eigenvalue weighted by Gasteiger charge is 2.38. The minimum atomic E-state index is -3.30. The zero-order chi connectivity index (χ0) is 17.3. The summed E-state index contributed by atoms with van der Waals surface area (Å²) in [5, 5.41) is 3.11. The lowest BCUT2D eigenvalue weighted by atomic mass is 9.69. The molecule has 1 saturated heterocycles. The van der Waals surface area contributed by atoms with Crippen LogP contribution in [0, 0.1) is 11.3 Å². The van der Waals surface area contributed by atoms with Gasteiger partial charge in [0.25, 0.3) is 0 Å². The van der Waals surface area contributed by atoms with E-state index in [-0.39, 0.29) is 11.9 Å². The number of hydrogen-bond acceptors (Lipinski definition) is 3. The number of amides is 1. The third-order valence-corrected chi connectivity index (χ3v) is 7.31. The van der Waals surface area contributed by atoms with Gasteiger partial charge in [0.1, 0.15) is 6.04 Å². The van der Waals surface area contributed by atoms with Gasteiger partial charge >= 0.3 is 0 Å². The second-order valence-corrected chi connectivity index (χ2v) is 9.87. The fourth-order valence-corrected chi connectivity index (χ4v) is 5.13. The highest BCUT2D eigenvalue weighted by molar-refractivity contribution is 7.88. The Kier molecular flexibility index (Phi) is 5.77. The number of carbonyl (C=O) groups excluding carboxylic acids is 1. The van der Waals surface area contributed by atoms with E-state index >= 15 is 0 Å². The van der Waals surface area contributed by atoms with Crippen molar-refractivity contribution >= 4 is 15.9 Å². The molecule has 1 heterocycles. The van der Waals surface area contributed by atoms with Crippen LogP contribution in [0.2, 0.25) is 0 Å². The van der Waals surface area contributed by atoms with Crippen molar-refractivity contribution in [1.82, 2.24) is 9.62 Å². The molecule has 1 unspecified atom stereocenters. The van der Waals surface area contributed by atoms with Gasteiger partial charge in [-0.05, 0) is 49.9 Å². The van der Waals surface area contributed by atoms with E-state index in [0.29, 0.717) is 18.4 Å². The lowest BCUT2D eigenvalue weighted by Crippen LogP contribution is -2.49. The fraction of sp³-hybridized carbons (Fsp3) is 0.941. The summed E-state index contributed by atoms with van der Waals surface area (Å²) in [5.74, 6) is 0.616. The van der Waals surface area contributed by atoms with Crippen molar-refractivity contribution in [3.8, 4) is 0 Å². The second-order valence-electron chi connectivity index (χ2n) is 7.93. The van der Waals surface area contributed by atoms with E-state index in [1.807, 2.05) is 0 Å². The van der Waals surface area contributed by atoms with Gasteiger partial charge in [0.05, 0.1) is 6.26 Å². The minimum Gasteiger partial charge on any atom is -0.352 e. The Labute approximate surface area is 141 Å². The number of nitrogens with zero attached hydrogens (tertiary/aromatic N) is 1. The predicted molar refractivity (Wildman–Crippen MR) is 92.5 cm³/mol. The molecule has 2 rings (SSSR count). The van der Waals surface area contributed by atoms with Crippen LogP contribution in [-0.2, 0) is 14.8 Å². The first kappa shape index (κ1) is 18.7. The third-order valence-electron chi connectivity index (χ3n) is 6.02. The van der Waals surface area contributed by atoms with Gasteiger partial charge in [-0.25, -0.2) is 8.42 Å². The van der Waals surface area contributed by atoms with Crippen LogP contribution < -0.4 is 5.32 Å². The summed E-state index contributed by atoms with van der Waals surface area (Å²) in [4.78, 5) is 12.5. The molecule has 5 nitrogen and oxygen atoms in total. The molecule has 1 saturated carbocycles. The van der Waals surface area contributed by atoms with E-state index in [1.54, 1.807) is 0 Å². The van der Waals surface area contributed by atoms with Crippen molar-refractivity contribution in [2.45, 2.75) is 77.8 Å². The van der Waals surface area contributed by atoms with Gasteiger partial charge in [-0.1, -0.05) is 27.2 Å². The van der Waals surface area contributed by atoms with Gasteiger partial charge in [0, 0.05) is 12.6 Å². The van der Waals surface area contributed by atoms with Crippen molar-refractivity contribution in [3.05, 3.63) is 0 Å². The van der Waals surface area contributed by atoms with Crippen molar-refractivity contribution in [1.29, 1.82) is 0 Å².